The maximum Gasteiger partial charge on any atom is 0.169 e. The number of piperidine rings is 1. The lowest BCUT2D eigenvalue weighted by atomic mass is 10.1. The fourth-order valence-electron chi connectivity index (χ4n) is 2.61. The lowest BCUT2D eigenvalue weighted by Gasteiger charge is -2.21. The third-order valence-electron chi connectivity index (χ3n) is 3.87. The average Bonchev–Trinajstić information content (AvgIpc) is 2.76. The van der Waals surface area contributed by atoms with E-state index in [1.54, 1.807) is 0 Å². The van der Waals surface area contributed by atoms with E-state index in [1.807, 2.05) is 11.8 Å². The quantitative estimate of drug-likeness (QED) is 0.934. The average molecular weight is 275 g/mol. The lowest BCUT2D eigenvalue weighted by molar-refractivity contribution is 0.530. The molecule has 2 heterocycles. The van der Waals surface area contributed by atoms with E-state index in [9.17, 15) is 0 Å². The number of fused-ring (bicyclic) bond motifs is 1. The minimum Gasteiger partial charge on any atom is -0.322 e. The van der Waals surface area contributed by atoms with Crippen LogP contribution in [-0.2, 0) is 13.5 Å². The predicted octanol–water partition coefficient (Wildman–Crippen LogP) is 2.98. The Bertz CT molecular complexity index is 570. The van der Waals surface area contributed by atoms with Gasteiger partial charge < -0.3 is 9.88 Å². The summed E-state index contributed by atoms with van der Waals surface area (Å²) in [6, 6.07) is 6.64. The molecule has 0 radical (unpaired) electrons. The number of hydrogen-bond donors (Lipinski definition) is 1. The number of aromatic nitrogens is 2. The highest BCUT2D eigenvalue weighted by Crippen LogP contribution is 2.30. The summed E-state index contributed by atoms with van der Waals surface area (Å²) >= 11 is 1.94. The van der Waals surface area contributed by atoms with Gasteiger partial charge in [-0.3, -0.25) is 0 Å². The number of nitrogens with zero attached hydrogens (tertiary/aromatic N) is 2. The van der Waals surface area contributed by atoms with Crippen LogP contribution in [-0.4, -0.2) is 27.9 Å². The van der Waals surface area contributed by atoms with E-state index in [2.05, 4.69) is 42.1 Å². The molecule has 0 unspecified atom stereocenters. The molecule has 19 heavy (non-hydrogen) atoms. The van der Waals surface area contributed by atoms with Crippen LogP contribution in [0.15, 0.2) is 23.4 Å². The first-order valence-electron chi connectivity index (χ1n) is 7.10. The van der Waals surface area contributed by atoms with Crippen molar-refractivity contribution in [2.75, 3.05) is 13.1 Å². The van der Waals surface area contributed by atoms with E-state index in [0.717, 1.165) is 30.2 Å². The second kappa shape index (κ2) is 5.55. The number of benzene rings is 1. The van der Waals surface area contributed by atoms with Gasteiger partial charge >= 0.3 is 0 Å². The molecule has 1 aromatic heterocycles. The highest BCUT2D eigenvalue weighted by molar-refractivity contribution is 7.99. The molecule has 0 spiro atoms. The van der Waals surface area contributed by atoms with Crippen LogP contribution in [0.5, 0.6) is 0 Å². The molecule has 3 rings (SSSR count). The Morgan fingerprint density at radius 3 is 2.89 bits per heavy atom. The highest BCUT2D eigenvalue weighted by Gasteiger charge is 2.17. The van der Waals surface area contributed by atoms with Gasteiger partial charge in [0, 0.05) is 12.3 Å². The lowest BCUT2D eigenvalue weighted by Crippen LogP contribution is -2.29. The molecule has 1 aliphatic heterocycles. The summed E-state index contributed by atoms with van der Waals surface area (Å²) in [7, 11) is 2.13. The summed E-state index contributed by atoms with van der Waals surface area (Å²) in [6.45, 7) is 4.47. The summed E-state index contributed by atoms with van der Waals surface area (Å²) in [6.07, 6.45) is 3.56. The molecule has 0 aliphatic carbocycles. The monoisotopic (exact) mass is 275 g/mol. The Morgan fingerprint density at radius 2 is 2.16 bits per heavy atom. The van der Waals surface area contributed by atoms with Crippen LogP contribution in [0.3, 0.4) is 0 Å². The number of nitrogens with one attached hydrogen (secondary N) is 1. The van der Waals surface area contributed by atoms with Gasteiger partial charge in [0.05, 0.1) is 11.0 Å². The number of hydrogen-bond acceptors (Lipinski definition) is 3. The predicted molar refractivity (Wildman–Crippen MR) is 81.8 cm³/mol. The topological polar surface area (TPSA) is 29.9 Å². The standard InChI is InChI=1S/C15H21N3S/c1-3-11-4-5-14-13(10-11)17-15(18(14)2)19-12-6-8-16-9-7-12/h4-5,10,12,16H,3,6-9H2,1-2H3. The van der Waals surface area contributed by atoms with E-state index in [4.69, 9.17) is 4.98 Å². The summed E-state index contributed by atoms with van der Waals surface area (Å²) in [5.74, 6) is 0. The molecule has 1 fully saturated rings. The zero-order valence-corrected chi connectivity index (χ0v) is 12.5. The van der Waals surface area contributed by atoms with Gasteiger partial charge in [0.1, 0.15) is 0 Å². The van der Waals surface area contributed by atoms with E-state index in [-0.39, 0.29) is 0 Å². The van der Waals surface area contributed by atoms with Crippen molar-refractivity contribution in [2.24, 2.45) is 7.05 Å². The summed E-state index contributed by atoms with van der Waals surface area (Å²) in [4.78, 5) is 4.82. The summed E-state index contributed by atoms with van der Waals surface area (Å²) < 4.78 is 2.24. The van der Waals surface area contributed by atoms with Gasteiger partial charge in [-0.25, -0.2) is 4.98 Å². The van der Waals surface area contributed by atoms with E-state index in [1.165, 1.54) is 23.9 Å². The Hall–Kier alpha value is -1.00. The third-order valence-corrected chi connectivity index (χ3v) is 5.25. The Morgan fingerprint density at radius 1 is 1.37 bits per heavy atom. The molecule has 0 saturated carbocycles. The first kappa shape index (κ1) is 13.0. The van der Waals surface area contributed by atoms with Crippen LogP contribution in [0.2, 0.25) is 0 Å². The number of thioether (sulfide) groups is 1. The minimum absolute atomic E-state index is 0.711. The first-order chi connectivity index (χ1) is 9.28. The fourth-order valence-corrected chi connectivity index (χ4v) is 3.79. The van der Waals surface area contributed by atoms with Gasteiger partial charge in [-0.15, -0.1) is 0 Å². The van der Waals surface area contributed by atoms with Crippen molar-refractivity contribution in [3.63, 3.8) is 0 Å². The second-order valence-corrected chi connectivity index (χ2v) is 6.46. The van der Waals surface area contributed by atoms with Crippen molar-refractivity contribution < 1.29 is 0 Å². The molecule has 4 heteroatoms. The molecule has 0 atom stereocenters. The molecule has 3 nitrogen and oxygen atoms in total. The van der Waals surface area contributed by atoms with Crippen LogP contribution < -0.4 is 5.32 Å². The number of imidazole rings is 1. The van der Waals surface area contributed by atoms with E-state index in [0.29, 0.717) is 5.25 Å². The molecular formula is C15H21N3S. The van der Waals surface area contributed by atoms with Crippen LogP contribution in [0.25, 0.3) is 11.0 Å². The largest absolute Gasteiger partial charge is 0.322 e. The summed E-state index contributed by atoms with van der Waals surface area (Å²) in [5, 5.41) is 5.29. The van der Waals surface area contributed by atoms with Gasteiger partial charge in [-0.1, -0.05) is 24.8 Å². The minimum atomic E-state index is 0.711. The fraction of sp³-hybridized carbons (Fsp3) is 0.533. The molecule has 1 saturated heterocycles. The molecular weight excluding hydrogens is 254 g/mol. The van der Waals surface area contributed by atoms with E-state index < -0.39 is 0 Å². The van der Waals surface area contributed by atoms with Crippen molar-refractivity contribution >= 4 is 22.8 Å². The van der Waals surface area contributed by atoms with Gasteiger partial charge in [0.2, 0.25) is 0 Å². The number of aryl methyl sites for hydroxylation is 2. The van der Waals surface area contributed by atoms with Crippen LogP contribution in [0.1, 0.15) is 25.3 Å². The molecule has 0 amide bonds. The zero-order valence-electron chi connectivity index (χ0n) is 11.6. The zero-order chi connectivity index (χ0) is 13.2. The molecule has 1 N–H and O–H groups in total. The van der Waals surface area contributed by atoms with Crippen molar-refractivity contribution in [3.8, 4) is 0 Å². The van der Waals surface area contributed by atoms with E-state index >= 15 is 0 Å². The normalized spacial score (nSPS) is 17.2. The molecule has 2 aromatic rings. The summed E-state index contributed by atoms with van der Waals surface area (Å²) in [5.41, 5.74) is 3.75. The van der Waals surface area contributed by atoms with Crippen molar-refractivity contribution in [3.05, 3.63) is 23.8 Å². The molecule has 1 aromatic carbocycles. The van der Waals surface area contributed by atoms with Gasteiger partial charge in [0.15, 0.2) is 5.16 Å². The second-order valence-electron chi connectivity index (χ2n) is 5.20. The smallest absolute Gasteiger partial charge is 0.169 e. The molecule has 0 bridgehead atoms. The van der Waals surface area contributed by atoms with Crippen molar-refractivity contribution in [1.29, 1.82) is 0 Å². The van der Waals surface area contributed by atoms with Crippen molar-refractivity contribution in [2.45, 2.75) is 36.6 Å². The van der Waals surface area contributed by atoms with Gasteiger partial charge in [0.25, 0.3) is 0 Å². The molecule has 1 aliphatic rings. The Balaban J connectivity index is 1.88. The molecule has 102 valence electrons. The Kier molecular flexibility index (Phi) is 3.80. The Labute approximate surface area is 118 Å². The first-order valence-corrected chi connectivity index (χ1v) is 7.98. The number of rotatable bonds is 3. The van der Waals surface area contributed by atoms with Gasteiger partial charge in [-0.05, 0) is 50.0 Å². The maximum absolute atomic E-state index is 4.82. The highest BCUT2D eigenvalue weighted by atomic mass is 32.2. The van der Waals surface area contributed by atoms with Crippen molar-refractivity contribution in [1.82, 2.24) is 14.9 Å². The van der Waals surface area contributed by atoms with Crippen LogP contribution in [0.4, 0.5) is 0 Å². The SMILES string of the molecule is CCc1ccc2c(c1)nc(SC1CCNCC1)n2C. The third kappa shape index (κ3) is 2.65. The van der Waals surface area contributed by atoms with Gasteiger partial charge in [-0.2, -0.15) is 0 Å². The van der Waals surface area contributed by atoms with Crippen LogP contribution >= 0.6 is 11.8 Å². The maximum atomic E-state index is 4.82. The van der Waals surface area contributed by atoms with Crippen LogP contribution in [0, 0.1) is 0 Å².